The lowest BCUT2D eigenvalue weighted by molar-refractivity contribution is -0.410. The quantitative estimate of drug-likeness (QED) is 0.636. The Labute approximate surface area is 133 Å². The highest BCUT2D eigenvalue weighted by Gasteiger charge is 2.45. The van der Waals surface area contributed by atoms with Crippen LogP contribution in [0.15, 0.2) is 0 Å². The van der Waals surface area contributed by atoms with Crippen molar-refractivity contribution in [3.8, 4) is 0 Å². The molecule has 1 fully saturated rings. The molecule has 1 rings (SSSR count). The van der Waals surface area contributed by atoms with Gasteiger partial charge in [0.25, 0.3) is 5.97 Å². The lowest BCUT2D eigenvalue weighted by atomic mass is 9.88. The summed E-state index contributed by atoms with van der Waals surface area (Å²) in [5, 5.41) is 0.241. The summed E-state index contributed by atoms with van der Waals surface area (Å²) in [6, 6.07) is 0. The Morgan fingerprint density at radius 3 is 2.38 bits per heavy atom. The predicted octanol–water partition coefficient (Wildman–Crippen LogP) is 3.83. The highest BCUT2D eigenvalue weighted by atomic mass is 32.2. The van der Waals surface area contributed by atoms with E-state index in [1.807, 2.05) is 20.8 Å². The molecule has 0 amide bonds. The van der Waals surface area contributed by atoms with Gasteiger partial charge in [0.1, 0.15) is 0 Å². The summed E-state index contributed by atoms with van der Waals surface area (Å²) < 4.78 is 17.7. The van der Waals surface area contributed by atoms with Crippen molar-refractivity contribution in [3.05, 3.63) is 0 Å². The molecule has 2 atom stereocenters. The van der Waals surface area contributed by atoms with Crippen LogP contribution in [0, 0.1) is 11.8 Å². The third-order valence-corrected chi connectivity index (χ3v) is 4.44. The Kier molecular flexibility index (Phi) is 8.24. The summed E-state index contributed by atoms with van der Waals surface area (Å²) in [6.45, 7) is 11.3. The van der Waals surface area contributed by atoms with E-state index in [4.69, 9.17) is 14.2 Å². The summed E-state index contributed by atoms with van der Waals surface area (Å²) in [4.78, 5) is 12.3. The van der Waals surface area contributed by atoms with Gasteiger partial charge in [0.05, 0.1) is 12.0 Å². The zero-order valence-corrected chi connectivity index (χ0v) is 14.8. The van der Waals surface area contributed by atoms with Gasteiger partial charge < -0.3 is 14.2 Å². The van der Waals surface area contributed by atoms with E-state index in [0.717, 1.165) is 18.6 Å². The minimum atomic E-state index is -0.962. The van der Waals surface area contributed by atoms with E-state index in [-0.39, 0.29) is 17.1 Å². The van der Waals surface area contributed by atoms with Gasteiger partial charge in [0, 0.05) is 19.6 Å². The van der Waals surface area contributed by atoms with Crippen molar-refractivity contribution in [1.29, 1.82) is 0 Å². The standard InChI is InChI=1S/C16H30O4S/c1-6-18-16(19-7-2)10-9-13(15(17)21-8-3)14(20-16)11-12(4)5/h12-14H,6-11H2,1-5H3/t13-,14+/m0/s1. The fourth-order valence-electron chi connectivity index (χ4n) is 2.78. The number of rotatable bonds is 8. The fraction of sp³-hybridized carbons (Fsp3) is 0.938. The van der Waals surface area contributed by atoms with E-state index >= 15 is 0 Å². The third kappa shape index (κ3) is 5.55. The van der Waals surface area contributed by atoms with Gasteiger partial charge in [-0.05, 0) is 38.4 Å². The maximum Gasteiger partial charge on any atom is 0.283 e. The molecule has 5 heteroatoms. The summed E-state index contributed by atoms with van der Waals surface area (Å²) in [6.07, 6.45) is 2.11. The van der Waals surface area contributed by atoms with Gasteiger partial charge in [0.2, 0.25) is 0 Å². The molecule has 0 saturated carbocycles. The van der Waals surface area contributed by atoms with Gasteiger partial charge >= 0.3 is 0 Å². The molecule has 21 heavy (non-hydrogen) atoms. The Balaban J connectivity index is 2.85. The Morgan fingerprint density at radius 2 is 1.90 bits per heavy atom. The number of hydrogen-bond acceptors (Lipinski definition) is 5. The lowest BCUT2D eigenvalue weighted by Crippen LogP contribution is -2.50. The lowest BCUT2D eigenvalue weighted by Gasteiger charge is -2.43. The predicted molar refractivity (Wildman–Crippen MR) is 86.2 cm³/mol. The molecule has 0 radical (unpaired) electrons. The summed E-state index contributed by atoms with van der Waals surface area (Å²) in [5.74, 6) is 0.269. The number of hydrogen-bond donors (Lipinski definition) is 0. The van der Waals surface area contributed by atoms with Gasteiger partial charge in [-0.15, -0.1) is 0 Å². The first-order chi connectivity index (χ1) is 9.98. The van der Waals surface area contributed by atoms with E-state index in [0.29, 0.717) is 25.6 Å². The minimum absolute atomic E-state index is 0.0496. The molecule has 0 aliphatic carbocycles. The van der Waals surface area contributed by atoms with Crippen molar-refractivity contribution in [2.75, 3.05) is 19.0 Å². The molecule has 0 unspecified atom stereocenters. The topological polar surface area (TPSA) is 44.8 Å². The molecule has 1 aliphatic rings. The normalized spacial score (nSPS) is 25.2. The van der Waals surface area contributed by atoms with Crippen LogP contribution in [0.4, 0.5) is 0 Å². The van der Waals surface area contributed by atoms with Crippen LogP contribution < -0.4 is 0 Å². The highest BCUT2D eigenvalue weighted by Crippen LogP contribution is 2.39. The first-order valence-corrected chi connectivity index (χ1v) is 9.08. The Hall–Kier alpha value is -0.100. The van der Waals surface area contributed by atoms with Gasteiger partial charge in [0.15, 0.2) is 5.12 Å². The third-order valence-electron chi connectivity index (χ3n) is 3.56. The van der Waals surface area contributed by atoms with E-state index in [9.17, 15) is 4.79 Å². The summed E-state index contributed by atoms with van der Waals surface area (Å²) in [5.41, 5.74) is 0. The molecule has 0 spiro atoms. The van der Waals surface area contributed by atoms with Crippen molar-refractivity contribution in [2.45, 2.75) is 66.0 Å². The van der Waals surface area contributed by atoms with E-state index in [1.165, 1.54) is 11.8 Å². The zero-order valence-electron chi connectivity index (χ0n) is 14.0. The second-order valence-corrected chi connectivity index (χ2v) is 7.00. The molecule has 0 aromatic carbocycles. The molecule has 1 aliphatic heterocycles. The van der Waals surface area contributed by atoms with E-state index in [1.54, 1.807) is 0 Å². The molecule has 1 heterocycles. The smallest absolute Gasteiger partial charge is 0.283 e. The molecule has 0 aromatic rings. The van der Waals surface area contributed by atoms with Crippen molar-refractivity contribution in [1.82, 2.24) is 0 Å². The molecule has 1 saturated heterocycles. The van der Waals surface area contributed by atoms with Crippen LogP contribution in [0.5, 0.6) is 0 Å². The SMILES string of the molecule is CCOC1(OCC)CC[C@H](C(=O)SCC)[C@@H](CC(C)C)O1. The maximum atomic E-state index is 12.3. The first-order valence-electron chi connectivity index (χ1n) is 8.10. The number of carbonyl (C=O) groups excluding carboxylic acids is 1. The van der Waals surface area contributed by atoms with Crippen LogP contribution in [-0.4, -0.2) is 36.2 Å². The van der Waals surface area contributed by atoms with Crippen LogP contribution in [0.3, 0.4) is 0 Å². The van der Waals surface area contributed by atoms with Crippen molar-refractivity contribution < 1.29 is 19.0 Å². The zero-order chi connectivity index (χ0) is 15.9. The van der Waals surface area contributed by atoms with Gasteiger partial charge in [-0.1, -0.05) is 32.5 Å². The van der Waals surface area contributed by atoms with Crippen molar-refractivity contribution >= 4 is 16.9 Å². The Morgan fingerprint density at radius 1 is 1.29 bits per heavy atom. The molecule has 0 aromatic heterocycles. The average Bonchev–Trinajstić information content (AvgIpc) is 2.39. The summed E-state index contributed by atoms with van der Waals surface area (Å²) in [7, 11) is 0. The van der Waals surface area contributed by atoms with Gasteiger partial charge in [-0.2, -0.15) is 0 Å². The number of thioether (sulfide) groups is 1. The second-order valence-electron chi connectivity index (χ2n) is 5.73. The van der Waals surface area contributed by atoms with Crippen LogP contribution in [0.2, 0.25) is 0 Å². The monoisotopic (exact) mass is 318 g/mol. The second kappa shape index (κ2) is 9.13. The largest absolute Gasteiger partial charge is 0.328 e. The van der Waals surface area contributed by atoms with Crippen LogP contribution >= 0.6 is 11.8 Å². The first kappa shape index (κ1) is 18.9. The highest BCUT2D eigenvalue weighted by molar-refractivity contribution is 8.13. The minimum Gasteiger partial charge on any atom is -0.328 e. The molecular weight excluding hydrogens is 288 g/mol. The van der Waals surface area contributed by atoms with Crippen LogP contribution in [0.25, 0.3) is 0 Å². The molecule has 124 valence electrons. The average molecular weight is 318 g/mol. The van der Waals surface area contributed by atoms with Gasteiger partial charge in [-0.3, -0.25) is 4.79 Å². The van der Waals surface area contributed by atoms with Crippen LogP contribution in [0.1, 0.15) is 53.9 Å². The summed E-state index contributed by atoms with van der Waals surface area (Å²) >= 11 is 1.39. The van der Waals surface area contributed by atoms with E-state index in [2.05, 4.69) is 13.8 Å². The molecule has 0 N–H and O–H groups in total. The molecule has 0 bridgehead atoms. The number of carbonyl (C=O) groups is 1. The maximum absolute atomic E-state index is 12.3. The van der Waals surface area contributed by atoms with E-state index < -0.39 is 5.97 Å². The van der Waals surface area contributed by atoms with Crippen LogP contribution in [-0.2, 0) is 19.0 Å². The van der Waals surface area contributed by atoms with Crippen molar-refractivity contribution in [3.63, 3.8) is 0 Å². The van der Waals surface area contributed by atoms with Crippen molar-refractivity contribution in [2.24, 2.45) is 11.8 Å². The Bertz CT molecular complexity index is 313. The number of ether oxygens (including phenoxy) is 3. The fourth-order valence-corrected chi connectivity index (χ4v) is 3.55. The van der Waals surface area contributed by atoms with Gasteiger partial charge in [-0.25, -0.2) is 0 Å². The molecular formula is C16H30O4S. The molecule has 4 nitrogen and oxygen atoms in total.